The Labute approximate surface area is 174 Å². The van der Waals surface area contributed by atoms with Gasteiger partial charge in [0.1, 0.15) is 5.82 Å². The number of aromatic nitrogens is 1. The summed E-state index contributed by atoms with van der Waals surface area (Å²) in [6, 6.07) is 4.85. The van der Waals surface area contributed by atoms with Crippen LogP contribution in [0.5, 0.6) is 0 Å². The normalized spacial score (nSPS) is 19.8. The largest absolute Gasteiger partial charge is 0.354 e. The van der Waals surface area contributed by atoms with Gasteiger partial charge in [-0.05, 0) is 37.6 Å². The Bertz CT molecular complexity index is 565. The molecule has 1 saturated heterocycles. The van der Waals surface area contributed by atoms with Crippen LogP contribution in [0.15, 0.2) is 23.3 Å². The molecule has 0 amide bonds. The smallest absolute Gasteiger partial charge is 0.191 e. The van der Waals surface area contributed by atoms with Gasteiger partial charge in [0.15, 0.2) is 5.96 Å². The highest BCUT2D eigenvalue weighted by Gasteiger charge is 2.16. The van der Waals surface area contributed by atoms with Crippen LogP contribution in [0.3, 0.4) is 0 Å². The Hall–Kier alpha value is -1.09. The summed E-state index contributed by atoms with van der Waals surface area (Å²) < 4.78 is 0. The van der Waals surface area contributed by atoms with Crippen molar-refractivity contribution in [3.8, 4) is 0 Å². The van der Waals surface area contributed by atoms with E-state index in [1.54, 1.807) is 0 Å². The third kappa shape index (κ3) is 6.26. The maximum atomic E-state index is 4.56. The zero-order chi connectivity index (χ0) is 17.5. The minimum atomic E-state index is 0. The van der Waals surface area contributed by atoms with Gasteiger partial charge < -0.3 is 20.4 Å². The Kier molecular flexibility index (Phi) is 8.90. The highest BCUT2D eigenvalue weighted by molar-refractivity contribution is 14.0. The topological polar surface area (TPSA) is 55.8 Å². The van der Waals surface area contributed by atoms with Gasteiger partial charge in [-0.25, -0.2) is 4.98 Å². The number of nitrogens with zero attached hydrogens (tertiary/aromatic N) is 4. The number of hydrogen-bond acceptors (Lipinski definition) is 4. The quantitative estimate of drug-likeness (QED) is 0.401. The summed E-state index contributed by atoms with van der Waals surface area (Å²) in [7, 11) is 4.02. The van der Waals surface area contributed by atoms with Crippen molar-refractivity contribution in [1.82, 2.24) is 20.5 Å². The van der Waals surface area contributed by atoms with Crippen LogP contribution in [0.2, 0.25) is 0 Å². The maximum Gasteiger partial charge on any atom is 0.191 e. The lowest BCUT2D eigenvalue weighted by atomic mass is 9.96. The van der Waals surface area contributed by atoms with Crippen molar-refractivity contribution in [2.75, 3.05) is 45.2 Å². The van der Waals surface area contributed by atoms with Crippen LogP contribution in [0, 0.1) is 0 Å². The Morgan fingerprint density at radius 3 is 2.62 bits per heavy atom. The van der Waals surface area contributed by atoms with Crippen molar-refractivity contribution in [2.45, 2.75) is 44.7 Å². The number of anilines is 1. The van der Waals surface area contributed by atoms with Gasteiger partial charge >= 0.3 is 0 Å². The highest BCUT2D eigenvalue weighted by atomic mass is 127. The Morgan fingerprint density at radius 1 is 1.19 bits per heavy atom. The van der Waals surface area contributed by atoms with Gasteiger partial charge in [-0.2, -0.15) is 0 Å². The molecule has 0 unspecified atom stereocenters. The van der Waals surface area contributed by atoms with Gasteiger partial charge in [-0.15, -0.1) is 24.0 Å². The molecule has 2 N–H and O–H groups in total. The van der Waals surface area contributed by atoms with Crippen LogP contribution in [-0.4, -0.2) is 62.2 Å². The first-order chi connectivity index (χ1) is 12.2. The molecule has 0 bridgehead atoms. The minimum absolute atomic E-state index is 0. The molecule has 7 heteroatoms. The van der Waals surface area contributed by atoms with Crippen LogP contribution in [0.25, 0.3) is 0 Å². The number of nitrogens with one attached hydrogen (secondary N) is 2. The van der Waals surface area contributed by atoms with Crippen LogP contribution < -0.4 is 15.5 Å². The molecular weight excluding hydrogens is 439 g/mol. The predicted molar refractivity (Wildman–Crippen MR) is 120 cm³/mol. The van der Waals surface area contributed by atoms with Crippen molar-refractivity contribution in [3.63, 3.8) is 0 Å². The average Bonchev–Trinajstić information content (AvgIpc) is 2.67. The molecule has 2 aliphatic rings. The van der Waals surface area contributed by atoms with Crippen molar-refractivity contribution < 1.29 is 0 Å². The predicted octanol–water partition coefficient (Wildman–Crippen LogP) is 2.45. The molecule has 1 aromatic rings. The first-order valence-electron chi connectivity index (χ1n) is 9.60. The molecule has 146 valence electrons. The zero-order valence-electron chi connectivity index (χ0n) is 16.1. The van der Waals surface area contributed by atoms with Crippen LogP contribution in [0.1, 0.15) is 37.7 Å². The highest BCUT2D eigenvalue weighted by Crippen LogP contribution is 2.17. The fourth-order valence-electron chi connectivity index (χ4n) is 3.60. The first-order valence-corrected chi connectivity index (χ1v) is 9.60. The van der Waals surface area contributed by atoms with Crippen molar-refractivity contribution in [1.29, 1.82) is 0 Å². The number of pyridine rings is 1. The van der Waals surface area contributed by atoms with Crippen molar-refractivity contribution in [2.24, 2.45) is 4.99 Å². The van der Waals surface area contributed by atoms with Gasteiger partial charge in [0.2, 0.25) is 0 Å². The third-order valence-corrected chi connectivity index (χ3v) is 5.27. The second-order valence-electron chi connectivity index (χ2n) is 7.22. The molecule has 1 aromatic heterocycles. The van der Waals surface area contributed by atoms with E-state index < -0.39 is 0 Å². The summed E-state index contributed by atoms with van der Waals surface area (Å²) >= 11 is 0. The van der Waals surface area contributed by atoms with Gasteiger partial charge in [0.05, 0.1) is 0 Å². The number of guanidine groups is 1. The molecule has 26 heavy (non-hydrogen) atoms. The molecule has 1 aliphatic heterocycles. The molecular formula is C19H33IN6. The first kappa shape index (κ1) is 21.2. The van der Waals surface area contributed by atoms with E-state index in [4.69, 9.17) is 0 Å². The van der Waals surface area contributed by atoms with E-state index in [2.05, 4.69) is 49.6 Å². The summed E-state index contributed by atoms with van der Waals surface area (Å²) in [5.41, 5.74) is 1.25. The Morgan fingerprint density at radius 2 is 1.92 bits per heavy atom. The summed E-state index contributed by atoms with van der Waals surface area (Å²) in [6.45, 7) is 5.07. The molecule has 2 heterocycles. The molecule has 3 rings (SSSR count). The van der Waals surface area contributed by atoms with E-state index in [0.29, 0.717) is 6.04 Å². The number of hydrogen-bond donors (Lipinski definition) is 2. The minimum Gasteiger partial charge on any atom is -0.354 e. The summed E-state index contributed by atoms with van der Waals surface area (Å²) in [5, 5.41) is 7.02. The van der Waals surface area contributed by atoms with Crippen LogP contribution >= 0.6 is 24.0 Å². The van der Waals surface area contributed by atoms with E-state index in [-0.39, 0.29) is 24.0 Å². The van der Waals surface area contributed by atoms with Crippen LogP contribution in [-0.2, 0) is 6.54 Å². The SMILES string of the molecule is CN=C(NCc1ccnc(N2CCN(C)CC2)c1)NC1CCCCC1.I. The lowest BCUT2D eigenvalue weighted by Gasteiger charge is -2.33. The van der Waals surface area contributed by atoms with Gasteiger partial charge in [0.25, 0.3) is 0 Å². The lowest BCUT2D eigenvalue weighted by molar-refractivity contribution is 0.312. The lowest BCUT2D eigenvalue weighted by Crippen LogP contribution is -2.45. The van der Waals surface area contributed by atoms with Crippen LogP contribution in [0.4, 0.5) is 5.82 Å². The molecule has 1 aliphatic carbocycles. The van der Waals surface area contributed by atoms with Gasteiger partial charge in [-0.3, -0.25) is 4.99 Å². The molecule has 0 atom stereocenters. The number of rotatable bonds is 4. The number of halogens is 1. The van der Waals surface area contributed by atoms with Gasteiger partial charge in [-0.1, -0.05) is 19.3 Å². The molecule has 0 spiro atoms. The molecule has 6 nitrogen and oxygen atoms in total. The van der Waals surface area contributed by atoms with E-state index in [1.165, 1.54) is 37.7 Å². The second-order valence-corrected chi connectivity index (χ2v) is 7.22. The fourth-order valence-corrected chi connectivity index (χ4v) is 3.60. The summed E-state index contributed by atoms with van der Waals surface area (Å²) in [6.07, 6.45) is 8.45. The second kappa shape index (κ2) is 10.9. The number of piperazine rings is 1. The molecule has 2 fully saturated rings. The third-order valence-electron chi connectivity index (χ3n) is 5.27. The summed E-state index contributed by atoms with van der Waals surface area (Å²) in [4.78, 5) is 13.7. The van der Waals surface area contributed by atoms with E-state index in [9.17, 15) is 0 Å². The molecule has 0 aromatic carbocycles. The standard InChI is InChI=1S/C19H32N6.HI/c1-20-19(23-17-6-4-3-5-7-17)22-15-16-8-9-21-18(14-16)25-12-10-24(2)11-13-25;/h8-9,14,17H,3-7,10-13,15H2,1-2H3,(H2,20,22,23);1H. The van der Waals surface area contributed by atoms with Crippen molar-refractivity contribution in [3.05, 3.63) is 23.9 Å². The van der Waals surface area contributed by atoms with E-state index in [1.807, 2.05) is 13.2 Å². The monoisotopic (exact) mass is 472 g/mol. The maximum absolute atomic E-state index is 4.56. The van der Waals surface area contributed by atoms with Crippen molar-refractivity contribution >= 4 is 35.8 Å². The van der Waals surface area contributed by atoms with Gasteiger partial charge in [0, 0.05) is 52.0 Å². The fraction of sp³-hybridized carbons (Fsp3) is 0.684. The molecule has 1 saturated carbocycles. The number of aliphatic imine (C=N–C) groups is 1. The van der Waals surface area contributed by atoms with E-state index in [0.717, 1.165) is 44.5 Å². The summed E-state index contributed by atoms with van der Waals surface area (Å²) in [5.74, 6) is 1.99. The van der Waals surface area contributed by atoms with E-state index >= 15 is 0 Å². The Balaban J connectivity index is 0.00000243. The molecule has 0 radical (unpaired) electrons. The number of likely N-dealkylation sites (N-methyl/N-ethyl adjacent to an activating group) is 1. The zero-order valence-corrected chi connectivity index (χ0v) is 18.4. The average molecular weight is 472 g/mol.